The van der Waals surface area contributed by atoms with Gasteiger partial charge in [0, 0.05) is 26.2 Å². The first-order valence-electron chi connectivity index (χ1n) is 7.33. The Kier molecular flexibility index (Phi) is 3.98. The maximum atomic E-state index is 12.4. The van der Waals surface area contributed by atoms with Crippen LogP contribution >= 0.6 is 0 Å². The highest BCUT2D eigenvalue weighted by atomic mass is 16.2. The average Bonchev–Trinajstić information content (AvgIpc) is 2.80. The Labute approximate surface area is 136 Å². The summed E-state index contributed by atoms with van der Waals surface area (Å²) in [4.78, 5) is 62.3. The molecule has 0 radical (unpaired) electrons. The summed E-state index contributed by atoms with van der Waals surface area (Å²) in [7, 11) is 0. The number of carbonyl (C=O) groups excluding carboxylic acids is 5. The molecule has 1 aromatic carbocycles. The van der Waals surface area contributed by atoms with E-state index in [0.29, 0.717) is 12.2 Å². The first-order chi connectivity index (χ1) is 11.5. The number of rotatable bonds is 4. The minimum Gasteiger partial charge on any atom is -0.346 e. The molecule has 0 aliphatic carbocycles. The minimum atomic E-state index is -0.947. The lowest BCUT2D eigenvalue weighted by molar-refractivity contribution is -0.148. The maximum absolute atomic E-state index is 12.4. The molecule has 0 bridgehead atoms. The number of imide groups is 2. The Morgan fingerprint density at radius 3 is 2.29 bits per heavy atom. The fraction of sp³-hybridized carbons (Fsp3) is 0.267. The summed E-state index contributed by atoms with van der Waals surface area (Å²) in [6, 6.07) is 7.35. The molecule has 9 nitrogen and oxygen atoms in total. The average molecular weight is 330 g/mol. The summed E-state index contributed by atoms with van der Waals surface area (Å²) in [6.45, 7) is 0.448. The molecule has 0 spiro atoms. The lowest BCUT2D eigenvalue weighted by Gasteiger charge is -2.27. The van der Waals surface area contributed by atoms with Gasteiger partial charge in [0.25, 0.3) is 0 Å². The highest BCUT2D eigenvalue weighted by Gasteiger charge is 2.45. The third-order valence-corrected chi connectivity index (χ3v) is 3.81. The van der Waals surface area contributed by atoms with Gasteiger partial charge in [0.05, 0.1) is 5.69 Å². The number of piperazine rings is 1. The number of carbonyl (C=O) groups is 5. The molecule has 2 aliphatic heterocycles. The fourth-order valence-corrected chi connectivity index (χ4v) is 2.57. The number of hydrogen-bond donors (Lipinski definition) is 1. The van der Waals surface area contributed by atoms with Gasteiger partial charge in [-0.3, -0.25) is 24.1 Å². The largest absolute Gasteiger partial charge is 0.346 e. The molecule has 24 heavy (non-hydrogen) atoms. The lowest BCUT2D eigenvalue weighted by atomic mass is 10.3. The molecule has 3 rings (SSSR count). The van der Waals surface area contributed by atoms with E-state index in [0.717, 1.165) is 9.80 Å². The molecule has 2 saturated heterocycles. The smallest absolute Gasteiger partial charge is 0.338 e. The second-order valence-corrected chi connectivity index (χ2v) is 5.26. The van der Waals surface area contributed by atoms with Crippen molar-refractivity contribution in [3.05, 3.63) is 30.3 Å². The van der Waals surface area contributed by atoms with Gasteiger partial charge in [0.15, 0.2) is 0 Å². The number of urea groups is 1. The molecule has 9 heteroatoms. The standard InChI is InChI=1S/C15H14N4O5/c20-11-12(21)17(7-6-16-11)8-9-18-13(22)14(23)19(15(18)24)10-4-2-1-3-5-10/h1-5H,6-9H2,(H,16,20). The van der Waals surface area contributed by atoms with Crippen LogP contribution < -0.4 is 10.2 Å². The summed E-state index contributed by atoms with van der Waals surface area (Å²) < 4.78 is 0. The van der Waals surface area contributed by atoms with Crippen LogP contribution in [0.2, 0.25) is 0 Å². The van der Waals surface area contributed by atoms with Gasteiger partial charge in [0.1, 0.15) is 0 Å². The highest BCUT2D eigenvalue weighted by molar-refractivity contribution is 6.52. The Morgan fingerprint density at radius 1 is 0.875 bits per heavy atom. The summed E-state index contributed by atoms with van der Waals surface area (Å²) in [5.41, 5.74) is 0.303. The number of nitrogens with zero attached hydrogens (tertiary/aromatic N) is 3. The van der Waals surface area contributed by atoms with Gasteiger partial charge in [-0.05, 0) is 12.1 Å². The highest BCUT2D eigenvalue weighted by Crippen LogP contribution is 2.21. The zero-order valence-corrected chi connectivity index (χ0v) is 12.6. The van der Waals surface area contributed by atoms with E-state index in [1.807, 2.05) is 0 Å². The molecule has 1 N–H and O–H groups in total. The predicted octanol–water partition coefficient (Wildman–Crippen LogP) is -1.06. The number of hydrogen-bond acceptors (Lipinski definition) is 5. The molecule has 2 fully saturated rings. The molecule has 6 amide bonds. The molecule has 0 unspecified atom stereocenters. The van der Waals surface area contributed by atoms with E-state index in [-0.39, 0.29) is 19.6 Å². The Bertz CT molecular complexity index is 733. The number of amides is 6. The number of nitrogens with one attached hydrogen (secondary N) is 1. The van der Waals surface area contributed by atoms with Crippen molar-refractivity contribution in [2.75, 3.05) is 31.1 Å². The molecule has 0 saturated carbocycles. The molecule has 2 aliphatic rings. The third kappa shape index (κ3) is 2.60. The lowest BCUT2D eigenvalue weighted by Crippen LogP contribution is -2.54. The topological polar surface area (TPSA) is 107 Å². The molecular weight excluding hydrogens is 316 g/mol. The van der Waals surface area contributed by atoms with Crippen LogP contribution in [0, 0.1) is 0 Å². The summed E-state index contributed by atoms with van der Waals surface area (Å²) in [5, 5.41) is 2.40. The van der Waals surface area contributed by atoms with Crippen molar-refractivity contribution in [2.24, 2.45) is 0 Å². The molecule has 124 valence electrons. The van der Waals surface area contributed by atoms with Crippen molar-refractivity contribution >= 4 is 35.3 Å². The predicted molar refractivity (Wildman–Crippen MR) is 80.6 cm³/mol. The second-order valence-electron chi connectivity index (χ2n) is 5.26. The molecule has 2 heterocycles. The first-order valence-corrected chi connectivity index (χ1v) is 7.33. The zero-order valence-electron chi connectivity index (χ0n) is 12.6. The van der Waals surface area contributed by atoms with Gasteiger partial charge in [-0.2, -0.15) is 0 Å². The Morgan fingerprint density at radius 2 is 1.58 bits per heavy atom. The van der Waals surface area contributed by atoms with Gasteiger partial charge < -0.3 is 10.2 Å². The van der Waals surface area contributed by atoms with E-state index < -0.39 is 29.7 Å². The van der Waals surface area contributed by atoms with E-state index in [4.69, 9.17) is 0 Å². The Hall–Kier alpha value is -3.23. The SMILES string of the molecule is O=C1NCCN(CCN2C(=O)C(=O)N(c3ccccc3)C2=O)C1=O. The summed E-state index contributed by atoms with van der Waals surface area (Å²) in [6.07, 6.45) is 0. The van der Waals surface area contributed by atoms with Crippen molar-refractivity contribution in [3.63, 3.8) is 0 Å². The maximum Gasteiger partial charge on any atom is 0.338 e. The van der Waals surface area contributed by atoms with Gasteiger partial charge in [-0.1, -0.05) is 18.2 Å². The van der Waals surface area contributed by atoms with Crippen LogP contribution in [0.3, 0.4) is 0 Å². The Balaban J connectivity index is 1.71. The van der Waals surface area contributed by atoms with E-state index in [2.05, 4.69) is 5.32 Å². The van der Waals surface area contributed by atoms with Crippen molar-refractivity contribution in [1.29, 1.82) is 0 Å². The van der Waals surface area contributed by atoms with Gasteiger partial charge in [-0.25, -0.2) is 9.69 Å². The molecule has 0 aromatic heterocycles. The number of para-hydroxylation sites is 1. The number of anilines is 1. The van der Waals surface area contributed by atoms with Crippen molar-refractivity contribution in [3.8, 4) is 0 Å². The van der Waals surface area contributed by atoms with Crippen molar-refractivity contribution in [2.45, 2.75) is 0 Å². The second kappa shape index (κ2) is 6.11. The number of benzene rings is 1. The van der Waals surface area contributed by atoms with E-state index >= 15 is 0 Å². The van der Waals surface area contributed by atoms with Gasteiger partial charge in [-0.15, -0.1) is 0 Å². The molecular formula is C15H14N4O5. The van der Waals surface area contributed by atoms with E-state index in [9.17, 15) is 24.0 Å². The van der Waals surface area contributed by atoms with Crippen LogP contribution in [0.4, 0.5) is 10.5 Å². The van der Waals surface area contributed by atoms with E-state index in [1.165, 1.54) is 4.90 Å². The normalized spacial score (nSPS) is 18.5. The van der Waals surface area contributed by atoms with Crippen LogP contribution in [-0.2, 0) is 19.2 Å². The fourth-order valence-electron chi connectivity index (χ4n) is 2.57. The summed E-state index contributed by atoms with van der Waals surface area (Å²) in [5.74, 6) is -3.32. The van der Waals surface area contributed by atoms with Crippen LogP contribution in [0.25, 0.3) is 0 Å². The zero-order chi connectivity index (χ0) is 17.3. The monoisotopic (exact) mass is 330 g/mol. The van der Waals surface area contributed by atoms with Crippen LogP contribution in [0.1, 0.15) is 0 Å². The van der Waals surface area contributed by atoms with Gasteiger partial charge in [0.2, 0.25) is 0 Å². The van der Waals surface area contributed by atoms with Crippen LogP contribution in [0.5, 0.6) is 0 Å². The third-order valence-electron chi connectivity index (χ3n) is 3.81. The van der Waals surface area contributed by atoms with Crippen LogP contribution in [-0.4, -0.2) is 65.6 Å². The van der Waals surface area contributed by atoms with Crippen molar-refractivity contribution < 1.29 is 24.0 Å². The molecule has 0 atom stereocenters. The van der Waals surface area contributed by atoms with Gasteiger partial charge >= 0.3 is 29.7 Å². The molecule has 1 aromatic rings. The van der Waals surface area contributed by atoms with Crippen molar-refractivity contribution in [1.82, 2.24) is 15.1 Å². The first kappa shape index (κ1) is 15.7. The van der Waals surface area contributed by atoms with Crippen LogP contribution in [0.15, 0.2) is 30.3 Å². The minimum absolute atomic E-state index is 0.000354. The van der Waals surface area contributed by atoms with E-state index in [1.54, 1.807) is 30.3 Å². The quantitative estimate of drug-likeness (QED) is 0.559. The summed E-state index contributed by atoms with van der Waals surface area (Å²) >= 11 is 0.